The van der Waals surface area contributed by atoms with Gasteiger partial charge in [-0.25, -0.2) is 14.6 Å². The van der Waals surface area contributed by atoms with Crippen molar-refractivity contribution in [2.75, 3.05) is 25.1 Å². The van der Waals surface area contributed by atoms with E-state index in [4.69, 9.17) is 4.74 Å². The number of ether oxygens (including phenoxy) is 1. The van der Waals surface area contributed by atoms with E-state index in [2.05, 4.69) is 15.2 Å². The van der Waals surface area contributed by atoms with E-state index in [1.807, 2.05) is 19.1 Å². The third-order valence-corrected chi connectivity index (χ3v) is 7.18. The Kier molecular flexibility index (Phi) is 5.25. The van der Waals surface area contributed by atoms with Crippen molar-refractivity contribution in [2.45, 2.75) is 62.8 Å². The molecule has 4 unspecified atom stereocenters. The molecule has 3 N–H and O–H groups in total. The number of aliphatic hydroxyl groups excluding tert-OH is 1. The normalized spacial score (nSPS) is 33.3. The predicted octanol–water partition coefficient (Wildman–Crippen LogP) is 2.33. The number of piperidine rings is 2. The number of anilines is 1. The van der Waals surface area contributed by atoms with Gasteiger partial charge < -0.3 is 19.8 Å². The van der Waals surface area contributed by atoms with E-state index in [0.29, 0.717) is 25.8 Å². The SMILES string of the molecule is COC(=O)NC12CCC(C3CCCN(c4ncccc4C)C3)(CC(O)C1)N2C(=O)O. The number of nitrogens with zero attached hydrogens (tertiary/aromatic N) is 3. The zero-order valence-corrected chi connectivity index (χ0v) is 17.5. The Morgan fingerprint density at radius 2 is 2.13 bits per heavy atom. The number of amides is 2. The minimum Gasteiger partial charge on any atom is -0.465 e. The molecule has 3 aliphatic rings. The van der Waals surface area contributed by atoms with Gasteiger partial charge in [0, 0.05) is 31.6 Å². The zero-order valence-electron chi connectivity index (χ0n) is 17.5. The number of alkyl carbamates (subject to hydrolysis) is 1. The Bertz CT molecular complexity index is 835. The Balaban J connectivity index is 1.68. The molecule has 4 atom stereocenters. The van der Waals surface area contributed by atoms with Gasteiger partial charge in [0.05, 0.1) is 18.8 Å². The van der Waals surface area contributed by atoms with Crippen LogP contribution in [-0.2, 0) is 4.74 Å². The number of carboxylic acid groups (broad SMARTS) is 1. The van der Waals surface area contributed by atoms with Crippen LogP contribution in [0.1, 0.15) is 44.1 Å². The average Bonchev–Trinajstić information content (AvgIpc) is 2.94. The lowest BCUT2D eigenvalue weighted by Crippen LogP contribution is -2.71. The topological polar surface area (TPSA) is 115 Å². The molecular weight excluding hydrogens is 388 g/mol. The standard InChI is InChI=1S/C21H30N4O5/c1-14-5-3-9-22-17(14)24-10-4-6-15(13-24)20-7-8-21(12-16(26)11-20,23-18(27)30-2)25(20)19(28)29/h3,5,9,15-16,26H,4,6-8,10-13H2,1-2H3,(H,23,27)(H,28,29). The van der Waals surface area contributed by atoms with E-state index in [9.17, 15) is 19.8 Å². The first-order valence-electron chi connectivity index (χ1n) is 10.6. The number of pyridine rings is 1. The number of methoxy groups -OCH3 is 1. The van der Waals surface area contributed by atoms with Crippen molar-refractivity contribution in [1.29, 1.82) is 0 Å². The molecule has 0 spiro atoms. The summed E-state index contributed by atoms with van der Waals surface area (Å²) in [4.78, 5) is 32.7. The molecule has 164 valence electrons. The van der Waals surface area contributed by atoms with Crippen molar-refractivity contribution < 1.29 is 24.5 Å². The highest BCUT2D eigenvalue weighted by molar-refractivity contribution is 5.73. The summed E-state index contributed by atoms with van der Waals surface area (Å²) in [5.74, 6) is 0.953. The van der Waals surface area contributed by atoms with E-state index >= 15 is 0 Å². The molecule has 4 rings (SSSR count). The largest absolute Gasteiger partial charge is 0.465 e. The molecule has 9 nitrogen and oxygen atoms in total. The summed E-state index contributed by atoms with van der Waals surface area (Å²) in [5.41, 5.74) is -0.784. The van der Waals surface area contributed by atoms with E-state index in [-0.39, 0.29) is 12.3 Å². The maximum absolute atomic E-state index is 12.5. The molecule has 4 heterocycles. The number of aryl methyl sites for hydroxylation is 1. The lowest BCUT2D eigenvalue weighted by atomic mass is 9.72. The van der Waals surface area contributed by atoms with E-state index in [0.717, 1.165) is 30.8 Å². The molecule has 9 heteroatoms. The summed E-state index contributed by atoms with van der Waals surface area (Å²) in [7, 11) is 1.26. The van der Waals surface area contributed by atoms with Crippen LogP contribution in [0.2, 0.25) is 0 Å². The van der Waals surface area contributed by atoms with Crippen molar-refractivity contribution in [3.05, 3.63) is 23.9 Å². The van der Waals surface area contributed by atoms with Crippen molar-refractivity contribution in [3.63, 3.8) is 0 Å². The molecule has 0 radical (unpaired) electrons. The van der Waals surface area contributed by atoms with E-state index in [1.165, 1.54) is 12.0 Å². The first kappa shape index (κ1) is 20.7. The van der Waals surface area contributed by atoms with Gasteiger partial charge in [0.2, 0.25) is 0 Å². The van der Waals surface area contributed by atoms with Gasteiger partial charge in [0.1, 0.15) is 11.5 Å². The number of hydrogen-bond acceptors (Lipinski definition) is 6. The fourth-order valence-corrected chi connectivity index (χ4v) is 6.08. The van der Waals surface area contributed by atoms with Crippen LogP contribution in [0.3, 0.4) is 0 Å². The monoisotopic (exact) mass is 418 g/mol. The lowest BCUT2D eigenvalue weighted by molar-refractivity contribution is -0.0842. The van der Waals surface area contributed by atoms with Crippen molar-refractivity contribution in [2.24, 2.45) is 5.92 Å². The summed E-state index contributed by atoms with van der Waals surface area (Å²) in [6.45, 7) is 3.56. The molecule has 30 heavy (non-hydrogen) atoms. The van der Waals surface area contributed by atoms with Crippen LogP contribution in [0.5, 0.6) is 0 Å². The number of carbonyl (C=O) groups excluding carboxylic acids is 1. The Morgan fingerprint density at radius 1 is 1.33 bits per heavy atom. The van der Waals surface area contributed by atoms with Gasteiger partial charge in [0.25, 0.3) is 0 Å². The molecule has 2 bridgehead atoms. The summed E-state index contributed by atoms with van der Waals surface area (Å²) in [5, 5.41) is 23.7. The highest BCUT2D eigenvalue weighted by Crippen LogP contribution is 2.54. The zero-order chi connectivity index (χ0) is 21.5. The van der Waals surface area contributed by atoms with Gasteiger partial charge in [-0.05, 0) is 50.7 Å². The minimum atomic E-state index is -1.14. The molecule has 3 saturated heterocycles. The second kappa shape index (κ2) is 7.61. The minimum absolute atomic E-state index is 0.0278. The first-order valence-corrected chi connectivity index (χ1v) is 10.6. The summed E-state index contributed by atoms with van der Waals surface area (Å²) < 4.78 is 4.76. The maximum atomic E-state index is 12.5. The van der Waals surface area contributed by atoms with Gasteiger partial charge >= 0.3 is 12.2 Å². The Labute approximate surface area is 176 Å². The number of aliphatic hydroxyl groups is 1. The summed E-state index contributed by atoms with van der Waals surface area (Å²) >= 11 is 0. The van der Waals surface area contributed by atoms with Crippen LogP contribution in [0.15, 0.2) is 18.3 Å². The van der Waals surface area contributed by atoms with Crippen molar-refractivity contribution >= 4 is 18.0 Å². The third-order valence-electron chi connectivity index (χ3n) is 7.18. The lowest BCUT2D eigenvalue weighted by Gasteiger charge is -2.55. The molecule has 2 amide bonds. The fraction of sp³-hybridized carbons (Fsp3) is 0.667. The highest BCUT2D eigenvalue weighted by Gasteiger charge is 2.65. The number of aromatic nitrogens is 1. The summed E-state index contributed by atoms with van der Waals surface area (Å²) in [6, 6.07) is 3.94. The molecule has 3 fully saturated rings. The van der Waals surface area contributed by atoms with Crippen LogP contribution >= 0.6 is 0 Å². The fourth-order valence-electron chi connectivity index (χ4n) is 6.08. The number of hydrogen-bond donors (Lipinski definition) is 3. The molecule has 3 aliphatic heterocycles. The second-order valence-corrected chi connectivity index (χ2v) is 8.86. The van der Waals surface area contributed by atoms with Crippen molar-refractivity contribution in [3.8, 4) is 0 Å². The molecule has 0 saturated carbocycles. The molecule has 1 aromatic rings. The first-order chi connectivity index (χ1) is 14.3. The smallest absolute Gasteiger partial charge is 0.409 e. The quantitative estimate of drug-likeness (QED) is 0.690. The number of nitrogens with one attached hydrogen (secondary N) is 1. The van der Waals surface area contributed by atoms with Gasteiger partial charge in [-0.1, -0.05) is 6.07 Å². The Hall–Kier alpha value is -2.55. The average molecular weight is 418 g/mol. The molecule has 0 aliphatic carbocycles. The van der Waals surface area contributed by atoms with Gasteiger partial charge in [0.15, 0.2) is 0 Å². The number of rotatable bonds is 3. The highest BCUT2D eigenvalue weighted by atomic mass is 16.5. The Morgan fingerprint density at radius 3 is 2.83 bits per heavy atom. The number of fused-ring (bicyclic) bond motifs is 2. The van der Waals surface area contributed by atoms with E-state index in [1.54, 1.807) is 6.20 Å². The second-order valence-electron chi connectivity index (χ2n) is 8.86. The predicted molar refractivity (Wildman–Crippen MR) is 109 cm³/mol. The van der Waals surface area contributed by atoms with Gasteiger partial charge in [-0.15, -0.1) is 0 Å². The maximum Gasteiger partial charge on any atom is 0.409 e. The molecule has 0 aromatic carbocycles. The van der Waals surface area contributed by atoms with Gasteiger partial charge in [-0.3, -0.25) is 10.2 Å². The van der Waals surface area contributed by atoms with Crippen LogP contribution in [-0.4, -0.2) is 69.8 Å². The van der Waals surface area contributed by atoms with Crippen LogP contribution < -0.4 is 10.2 Å². The van der Waals surface area contributed by atoms with Crippen molar-refractivity contribution in [1.82, 2.24) is 15.2 Å². The van der Waals surface area contributed by atoms with Crippen LogP contribution in [0, 0.1) is 12.8 Å². The van der Waals surface area contributed by atoms with Crippen LogP contribution in [0.4, 0.5) is 15.4 Å². The van der Waals surface area contributed by atoms with E-state index < -0.39 is 29.5 Å². The van der Waals surface area contributed by atoms with Gasteiger partial charge in [-0.2, -0.15) is 0 Å². The third kappa shape index (κ3) is 3.25. The molecular formula is C21H30N4O5. The van der Waals surface area contributed by atoms with Crippen LogP contribution in [0.25, 0.3) is 0 Å². The number of carbonyl (C=O) groups is 2. The molecule has 1 aromatic heterocycles. The summed E-state index contributed by atoms with van der Waals surface area (Å²) in [6.07, 6.45) is 2.74.